The predicted octanol–water partition coefficient (Wildman–Crippen LogP) is 1.31. The monoisotopic (exact) mass is 237 g/mol. The maximum absolute atomic E-state index is 11.1. The molecular weight excluding hydrogens is 222 g/mol. The summed E-state index contributed by atoms with van der Waals surface area (Å²) in [6.07, 6.45) is 1.68. The standard InChI is InChI=1S/C8H16BrNO2/c1-3-7(9)8(11)10-5-4-6-12-2/h7H,3-6H2,1-2H3,(H,10,11)/t7-/m0/s1. The first-order valence-corrected chi connectivity index (χ1v) is 5.04. The molecule has 1 N–H and O–H groups in total. The molecule has 0 aromatic rings. The van der Waals surface area contributed by atoms with Gasteiger partial charge < -0.3 is 10.1 Å². The number of amides is 1. The van der Waals surface area contributed by atoms with E-state index in [0.717, 1.165) is 12.8 Å². The van der Waals surface area contributed by atoms with E-state index in [1.165, 1.54) is 0 Å². The lowest BCUT2D eigenvalue weighted by molar-refractivity contribution is -0.120. The van der Waals surface area contributed by atoms with Gasteiger partial charge in [0.1, 0.15) is 0 Å². The van der Waals surface area contributed by atoms with Crippen LogP contribution in [-0.2, 0) is 9.53 Å². The number of halogens is 1. The van der Waals surface area contributed by atoms with Crippen LogP contribution in [0, 0.1) is 0 Å². The lowest BCUT2D eigenvalue weighted by atomic mass is 10.3. The van der Waals surface area contributed by atoms with Gasteiger partial charge in [-0.3, -0.25) is 4.79 Å². The van der Waals surface area contributed by atoms with E-state index in [-0.39, 0.29) is 10.7 Å². The molecule has 0 unspecified atom stereocenters. The minimum absolute atomic E-state index is 0.0555. The van der Waals surface area contributed by atoms with Crippen LogP contribution < -0.4 is 5.32 Å². The molecule has 1 amide bonds. The van der Waals surface area contributed by atoms with Crippen LogP contribution in [0.15, 0.2) is 0 Å². The van der Waals surface area contributed by atoms with Gasteiger partial charge in [0.25, 0.3) is 0 Å². The van der Waals surface area contributed by atoms with Crippen LogP contribution in [0.3, 0.4) is 0 Å². The van der Waals surface area contributed by atoms with E-state index < -0.39 is 0 Å². The van der Waals surface area contributed by atoms with E-state index in [9.17, 15) is 4.79 Å². The van der Waals surface area contributed by atoms with E-state index in [1.807, 2.05) is 6.92 Å². The zero-order chi connectivity index (χ0) is 9.40. The molecule has 0 spiro atoms. The van der Waals surface area contributed by atoms with Gasteiger partial charge in [0.15, 0.2) is 0 Å². The molecule has 0 heterocycles. The lowest BCUT2D eigenvalue weighted by Crippen LogP contribution is -2.31. The minimum Gasteiger partial charge on any atom is -0.385 e. The second-order valence-electron chi connectivity index (χ2n) is 2.51. The highest BCUT2D eigenvalue weighted by atomic mass is 79.9. The number of ether oxygens (including phenoxy) is 1. The summed E-state index contributed by atoms with van der Waals surface area (Å²) in [6.45, 7) is 3.35. The third kappa shape index (κ3) is 5.55. The van der Waals surface area contributed by atoms with Gasteiger partial charge in [0.2, 0.25) is 5.91 Å². The Labute approximate surface area is 82.0 Å². The Balaban J connectivity index is 3.31. The summed E-state index contributed by atoms with van der Waals surface area (Å²) in [7, 11) is 1.65. The van der Waals surface area contributed by atoms with Crippen molar-refractivity contribution in [3.8, 4) is 0 Å². The maximum Gasteiger partial charge on any atom is 0.233 e. The fourth-order valence-corrected chi connectivity index (χ4v) is 0.886. The quantitative estimate of drug-likeness (QED) is 0.559. The van der Waals surface area contributed by atoms with Crippen LogP contribution in [0.2, 0.25) is 0 Å². The molecule has 1 atom stereocenters. The highest BCUT2D eigenvalue weighted by Gasteiger charge is 2.10. The van der Waals surface area contributed by atoms with Crippen molar-refractivity contribution in [2.45, 2.75) is 24.6 Å². The van der Waals surface area contributed by atoms with E-state index in [4.69, 9.17) is 4.74 Å². The van der Waals surface area contributed by atoms with Crippen molar-refractivity contribution in [1.82, 2.24) is 5.32 Å². The van der Waals surface area contributed by atoms with Crippen molar-refractivity contribution in [2.75, 3.05) is 20.3 Å². The molecule has 0 rings (SSSR count). The van der Waals surface area contributed by atoms with Gasteiger partial charge >= 0.3 is 0 Å². The molecule has 0 fully saturated rings. The molecule has 3 nitrogen and oxygen atoms in total. The lowest BCUT2D eigenvalue weighted by Gasteiger charge is -2.07. The number of carbonyl (C=O) groups is 1. The van der Waals surface area contributed by atoms with Gasteiger partial charge in [-0.15, -0.1) is 0 Å². The summed E-state index contributed by atoms with van der Waals surface area (Å²) in [5, 5.41) is 2.80. The van der Waals surface area contributed by atoms with Crippen molar-refractivity contribution in [3.63, 3.8) is 0 Å². The predicted molar refractivity (Wildman–Crippen MR) is 52.5 cm³/mol. The van der Waals surface area contributed by atoms with Gasteiger partial charge in [-0.25, -0.2) is 0 Å². The third-order valence-corrected chi connectivity index (χ3v) is 2.53. The normalized spacial score (nSPS) is 12.6. The molecule has 12 heavy (non-hydrogen) atoms. The third-order valence-electron chi connectivity index (χ3n) is 1.47. The molecule has 72 valence electrons. The van der Waals surface area contributed by atoms with E-state index in [2.05, 4.69) is 21.2 Å². The van der Waals surface area contributed by atoms with Crippen molar-refractivity contribution in [3.05, 3.63) is 0 Å². The summed E-state index contributed by atoms with van der Waals surface area (Å²) >= 11 is 3.27. The molecule has 0 aliphatic heterocycles. The van der Waals surface area contributed by atoms with Crippen LogP contribution in [0.4, 0.5) is 0 Å². The number of hydrogen-bond acceptors (Lipinski definition) is 2. The molecule has 0 saturated heterocycles. The Morgan fingerprint density at radius 1 is 1.67 bits per heavy atom. The fourth-order valence-electron chi connectivity index (χ4n) is 0.724. The number of hydrogen-bond donors (Lipinski definition) is 1. The Morgan fingerprint density at radius 2 is 2.33 bits per heavy atom. The first-order valence-electron chi connectivity index (χ1n) is 4.13. The number of nitrogens with one attached hydrogen (secondary N) is 1. The minimum atomic E-state index is -0.0555. The zero-order valence-corrected chi connectivity index (χ0v) is 9.19. The van der Waals surface area contributed by atoms with Crippen LogP contribution in [0.25, 0.3) is 0 Å². The average molecular weight is 238 g/mol. The largest absolute Gasteiger partial charge is 0.385 e. The maximum atomic E-state index is 11.1. The van der Waals surface area contributed by atoms with Gasteiger partial charge in [0, 0.05) is 20.3 Å². The molecule has 0 aromatic carbocycles. The molecule has 0 bridgehead atoms. The van der Waals surface area contributed by atoms with Crippen LogP contribution in [-0.4, -0.2) is 31.0 Å². The second kappa shape index (κ2) is 7.55. The summed E-state index contributed by atoms with van der Waals surface area (Å²) in [5.41, 5.74) is 0. The summed E-state index contributed by atoms with van der Waals surface area (Å²) < 4.78 is 4.85. The molecule has 0 aliphatic rings. The Morgan fingerprint density at radius 3 is 2.83 bits per heavy atom. The summed E-state index contributed by atoms with van der Waals surface area (Å²) in [6, 6.07) is 0. The summed E-state index contributed by atoms with van der Waals surface area (Å²) in [5.74, 6) is 0.0635. The number of methoxy groups -OCH3 is 1. The van der Waals surface area contributed by atoms with Crippen LogP contribution in [0.5, 0.6) is 0 Å². The Hall–Kier alpha value is -0.0900. The highest BCUT2D eigenvalue weighted by Crippen LogP contribution is 2.03. The van der Waals surface area contributed by atoms with Crippen molar-refractivity contribution >= 4 is 21.8 Å². The van der Waals surface area contributed by atoms with Crippen molar-refractivity contribution < 1.29 is 9.53 Å². The first-order chi connectivity index (χ1) is 5.72. The molecule has 0 radical (unpaired) electrons. The average Bonchev–Trinajstić information content (AvgIpc) is 2.10. The van der Waals surface area contributed by atoms with Gasteiger partial charge in [-0.2, -0.15) is 0 Å². The van der Waals surface area contributed by atoms with E-state index in [1.54, 1.807) is 7.11 Å². The van der Waals surface area contributed by atoms with E-state index in [0.29, 0.717) is 13.2 Å². The molecule has 0 aliphatic carbocycles. The van der Waals surface area contributed by atoms with Crippen molar-refractivity contribution in [1.29, 1.82) is 0 Å². The van der Waals surface area contributed by atoms with E-state index >= 15 is 0 Å². The number of carbonyl (C=O) groups excluding carboxylic acids is 1. The number of alkyl halides is 1. The Bertz CT molecular complexity index is 130. The second-order valence-corrected chi connectivity index (χ2v) is 3.62. The molecular formula is C8H16BrNO2. The Kier molecular flexibility index (Phi) is 7.50. The first kappa shape index (κ1) is 11.9. The fraction of sp³-hybridized carbons (Fsp3) is 0.875. The van der Waals surface area contributed by atoms with Gasteiger partial charge in [0.05, 0.1) is 4.83 Å². The highest BCUT2D eigenvalue weighted by molar-refractivity contribution is 9.10. The van der Waals surface area contributed by atoms with Crippen LogP contribution >= 0.6 is 15.9 Å². The van der Waals surface area contributed by atoms with Crippen LogP contribution in [0.1, 0.15) is 19.8 Å². The van der Waals surface area contributed by atoms with Gasteiger partial charge in [-0.05, 0) is 12.8 Å². The molecule has 0 saturated carbocycles. The zero-order valence-electron chi connectivity index (χ0n) is 7.60. The molecule has 4 heteroatoms. The molecule has 0 aromatic heterocycles. The van der Waals surface area contributed by atoms with Gasteiger partial charge in [-0.1, -0.05) is 22.9 Å². The topological polar surface area (TPSA) is 38.3 Å². The summed E-state index contributed by atoms with van der Waals surface area (Å²) in [4.78, 5) is 11.1. The smallest absolute Gasteiger partial charge is 0.233 e. The number of rotatable bonds is 6. The SMILES string of the molecule is CC[C@H](Br)C(=O)NCCCOC. The van der Waals surface area contributed by atoms with Crippen molar-refractivity contribution in [2.24, 2.45) is 0 Å².